The Labute approximate surface area is 109 Å². The van der Waals surface area contributed by atoms with E-state index in [0.717, 1.165) is 31.6 Å². The first kappa shape index (κ1) is 16.7. The summed E-state index contributed by atoms with van der Waals surface area (Å²) >= 11 is 1.77. The number of primary amides is 1. The third-order valence-corrected chi connectivity index (χ3v) is 4.09. The second-order valence-electron chi connectivity index (χ2n) is 4.57. The highest BCUT2D eigenvalue weighted by Crippen LogP contribution is 2.19. The van der Waals surface area contributed by atoms with E-state index < -0.39 is 5.54 Å². The number of nitrogens with two attached hydrogens (primary N) is 1. The lowest BCUT2D eigenvalue weighted by Crippen LogP contribution is -2.53. The van der Waals surface area contributed by atoms with Gasteiger partial charge in [-0.1, -0.05) is 13.8 Å². The fourth-order valence-corrected chi connectivity index (χ4v) is 2.63. The number of amides is 1. The zero-order valence-corrected chi connectivity index (χ0v) is 12.0. The van der Waals surface area contributed by atoms with Gasteiger partial charge in [0.05, 0.1) is 5.54 Å². The van der Waals surface area contributed by atoms with E-state index in [1.807, 2.05) is 6.92 Å². The topological polar surface area (TPSA) is 75.3 Å². The lowest BCUT2D eigenvalue weighted by Gasteiger charge is -2.27. The largest absolute Gasteiger partial charge is 0.396 e. The standard InChI is InChI=1S/C12H26N2O2S/c1-4-7-14-12(3,11(13)16)6-9-17-10(2)5-8-15/h10,14-15H,4-9H2,1-3H3,(H2,13,16). The van der Waals surface area contributed by atoms with E-state index >= 15 is 0 Å². The van der Waals surface area contributed by atoms with Crippen molar-refractivity contribution in [1.29, 1.82) is 0 Å². The molecule has 0 aliphatic rings. The maximum absolute atomic E-state index is 11.4. The molecule has 0 radical (unpaired) electrons. The number of hydrogen-bond donors (Lipinski definition) is 3. The summed E-state index contributed by atoms with van der Waals surface area (Å²) in [5.41, 5.74) is 4.83. The number of thioether (sulfide) groups is 1. The van der Waals surface area contributed by atoms with E-state index in [4.69, 9.17) is 10.8 Å². The number of carbonyl (C=O) groups excluding carboxylic acids is 1. The highest BCUT2D eigenvalue weighted by Gasteiger charge is 2.29. The number of carbonyl (C=O) groups is 1. The van der Waals surface area contributed by atoms with Gasteiger partial charge in [0.1, 0.15) is 0 Å². The Morgan fingerprint density at radius 3 is 2.71 bits per heavy atom. The van der Waals surface area contributed by atoms with Gasteiger partial charge in [-0.05, 0) is 38.5 Å². The fourth-order valence-electron chi connectivity index (χ4n) is 1.43. The second-order valence-corrected chi connectivity index (χ2v) is 6.11. The molecule has 0 heterocycles. The maximum Gasteiger partial charge on any atom is 0.237 e. The van der Waals surface area contributed by atoms with Crippen LogP contribution in [-0.2, 0) is 4.79 Å². The molecule has 0 aromatic rings. The van der Waals surface area contributed by atoms with Crippen molar-refractivity contribution in [3.8, 4) is 0 Å². The second kappa shape index (κ2) is 8.78. The molecule has 0 aliphatic heterocycles. The van der Waals surface area contributed by atoms with E-state index in [-0.39, 0.29) is 12.5 Å². The number of rotatable bonds is 10. The molecule has 2 atom stereocenters. The van der Waals surface area contributed by atoms with Crippen LogP contribution in [0.15, 0.2) is 0 Å². The first-order chi connectivity index (χ1) is 7.96. The monoisotopic (exact) mass is 262 g/mol. The van der Waals surface area contributed by atoms with Crippen molar-refractivity contribution in [2.24, 2.45) is 5.73 Å². The third-order valence-electron chi connectivity index (χ3n) is 2.85. The van der Waals surface area contributed by atoms with Crippen molar-refractivity contribution >= 4 is 17.7 Å². The van der Waals surface area contributed by atoms with Crippen LogP contribution in [0.2, 0.25) is 0 Å². The van der Waals surface area contributed by atoms with Crippen LogP contribution in [0, 0.1) is 0 Å². The zero-order valence-electron chi connectivity index (χ0n) is 11.2. The highest BCUT2D eigenvalue weighted by atomic mass is 32.2. The van der Waals surface area contributed by atoms with Gasteiger partial charge < -0.3 is 16.2 Å². The Morgan fingerprint density at radius 1 is 1.59 bits per heavy atom. The first-order valence-corrected chi connectivity index (χ1v) is 7.28. The number of hydrogen-bond acceptors (Lipinski definition) is 4. The fraction of sp³-hybridized carbons (Fsp3) is 0.917. The van der Waals surface area contributed by atoms with Crippen molar-refractivity contribution in [3.05, 3.63) is 0 Å². The molecule has 0 saturated carbocycles. The Kier molecular flexibility index (Phi) is 8.64. The molecular formula is C12H26N2O2S. The first-order valence-electron chi connectivity index (χ1n) is 6.23. The Morgan fingerprint density at radius 2 is 2.24 bits per heavy atom. The summed E-state index contributed by atoms with van der Waals surface area (Å²) in [7, 11) is 0. The molecule has 1 amide bonds. The number of aliphatic hydroxyl groups is 1. The summed E-state index contributed by atoms with van der Waals surface area (Å²) in [5.74, 6) is 0.582. The molecular weight excluding hydrogens is 236 g/mol. The average molecular weight is 262 g/mol. The van der Waals surface area contributed by atoms with Gasteiger partial charge in [0.15, 0.2) is 0 Å². The molecule has 0 rings (SSSR count). The molecule has 0 aromatic heterocycles. The van der Waals surface area contributed by atoms with Crippen LogP contribution in [0.1, 0.15) is 40.0 Å². The molecule has 0 aromatic carbocycles. The molecule has 0 fully saturated rings. The molecule has 5 heteroatoms. The van der Waals surface area contributed by atoms with Crippen molar-refractivity contribution in [2.75, 3.05) is 18.9 Å². The Hall–Kier alpha value is -0.260. The summed E-state index contributed by atoms with van der Waals surface area (Å²) in [5, 5.41) is 12.4. The molecule has 0 spiro atoms. The van der Waals surface area contributed by atoms with Crippen molar-refractivity contribution < 1.29 is 9.90 Å². The Bertz CT molecular complexity index is 227. The minimum Gasteiger partial charge on any atom is -0.396 e. The summed E-state index contributed by atoms with van der Waals surface area (Å²) in [6.07, 6.45) is 2.50. The smallest absolute Gasteiger partial charge is 0.237 e. The quantitative estimate of drug-likeness (QED) is 0.551. The molecule has 4 N–H and O–H groups in total. The molecule has 0 bridgehead atoms. The van der Waals surface area contributed by atoms with E-state index in [0.29, 0.717) is 5.25 Å². The summed E-state index contributed by atoms with van der Waals surface area (Å²) in [6, 6.07) is 0. The Balaban J connectivity index is 4.04. The average Bonchev–Trinajstić information content (AvgIpc) is 2.26. The SMILES string of the molecule is CCCNC(C)(CCSC(C)CCO)C(N)=O. The van der Waals surface area contributed by atoms with E-state index in [9.17, 15) is 4.79 Å². The van der Waals surface area contributed by atoms with Crippen LogP contribution < -0.4 is 11.1 Å². The van der Waals surface area contributed by atoms with Gasteiger partial charge in [-0.15, -0.1) is 0 Å². The molecule has 0 saturated heterocycles. The normalized spacial score (nSPS) is 16.5. The van der Waals surface area contributed by atoms with Crippen molar-refractivity contribution in [1.82, 2.24) is 5.32 Å². The lowest BCUT2D eigenvalue weighted by atomic mass is 9.98. The maximum atomic E-state index is 11.4. The number of aliphatic hydroxyl groups excluding tert-OH is 1. The van der Waals surface area contributed by atoms with Gasteiger partial charge in [-0.25, -0.2) is 0 Å². The van der Waals surface area contributed by atoms with Crippen molar-refractivity contribution in [2.45, 2.75) is 50.8 Å². The van der Waals surface area contributed by atoms with Crippen LogP contribution in [0.4, 0.5) is 0 Å². The molecule has 17 heavy (non-hydrogen) atoms. The molecule has 2 unspecified atom stereocenters. The third kappa shape index (κ3) is 6.91. The highest BCUT2D eigenvalue weighted by molar-refractivity contribution is 7.99. The van der Waals surface area contributed by atoms with Gasteiger partial charge in [0.25, 0.3) is 0 Å². The predicted molar refractivity (Wildman–Crippen MR) is 74.1 cm³/mol. The van der Waals surface area contributed by atoms with Gasteiger partial charge in [0, 0.05) is 11.9 Å². The number of nitrogens with one attached hydrogen (secondary N) is 1. The van der Waals surface area contributed by atoms with Crippen LogP contribution in [-0.4, -0.2) is 40.7 Å². The minimum absolute atomic E-state index is 0.218. The molecule has 4 nitrogen and oxygen atoms in total. The summed E-state index contributed by atoms with van der Waals surface area (Å²) in [4.78, 5) is 11.4. The summed E-state index contributed by atoms with van der Waals surface area (Å²) in [6.45, 7) is 7.03. The lowest BCUT2D eigenvalue weighted by molar-refractivity contribution is -0.123. The summed E-state index contributed by atoms with van der Waals surface area (Å²) < 4.78 is 0. The van der Waals surface area contributed by atoms with Gasteiger partial charge in [-0.2, -0.15) is 11.8 Å². The predicted octanol–water partition coefficient (Wildman–Crippen LogP) is 1.12. The minimum atomic E-state index is -0.609. The molecule has 0 aliphatic carbocycles. The van der Waals surface area contributed by atoms with Gasteiger partial charge >= 0.3 is 0 Å². The van der Waals surface area contributed by atoms with Crippen LogP contribution in [0.25, 0.3) is 0 Å². The van der Waals surface area contributed by atoms with Crippen LogP contribution in [0.3, 0.4) is 0 Å². The molecule has 102 valence electrons. The van der Waals surface area contributed by atoms with E-state index in [1.165, 1.54) is 0 Å². The van der Waals surface area contributed by atoms with Crippen LogP contribution in [0.5, 0.6) is 0 Å². The zero-order chi connectivity index (χ0) is 13.3. The van der Waals surface area contributed by atoms with Crippen molar-refractivity contribution in [3.63, 3.8) is 0 Å². The van der Waals surface area contributed by atoms with Gasteiger partial charge in [-0.3, -0.25) is 4.79 Å². The van der Waals surface area contributed by atoms with Crippen LogP contribution >= 0.6 is 11.8 Å². The van der Waals surface area contributed by atoms with E-state index in [2.05, 4.69) is 19.2 Å². The van der Waals surface area contributed by atoms with E-state index in [1.54, 1.807) is 11.8 Å². The van der Waals surface area contributed by atoms with Gasteiger partial charge in [0.2, 0.25) is 5.91 Å².